The highest BCUT2D eigenvalue weighted by Crippen LogP contribution is 2.27. The fourth-order valence-electron chi connectivity index (χ4n) is 2.23. The Hall–Kier alpha value is -1.22. The van der Waals surface area contributed by atoms with Crippen LogP contribution in [0, 0.1) is 5.92 Å². The SMILES string of the molecule is COc1ccccc1N(C)CC(C)CNC1CC1. The lowest BCUT2D eigenvalue weighted by molar-refractivity contribution is 0.413. The van der Waals surface area contributed by atoms with Crippen LogP contribution in [0.3, 0.4) is 0 Å². The topological polar surface area (TPSA) is 24.5 Å². The number of para-hydroxylation sites is 2. The van der Waals surface area contributed by atoms with Gasteiger partial charge in [-0.2, -0.15) is 0 Å². The van der Waals surface area contributed by atoms with Gasteiger partial charge in [0.15, 0.2) is 0 Å². The highest BCUT2D eigenvalue weighted by Gasteiger charge is 2.21. The van der Waals surface area contributed by atoms with Gasteiger partial charge in [0, 0.05) is 19.6 Å². The van der Waals surface area contributed by atoms with Crippen LogP contribution in [-0.4, -0.2) is 33.3 Å². The molecular formula is C15H24N2O. The van der Waals surface area contributed by atoms with Crippen LogP contribution in [0.5, 0.6) is 5.75 Å². The van der Waals surface area contributed by atoms with E-state index in [0.29, 0.717) is 5.92 Å². The van der Waals surface area contributed by atoms with Crippen LogP contribution in [0.25, 0.3) is 0 Å². The Morgan fingerprint density at radius 1 is 1.39 bits per heavy atom. The summed E-state index contributed by atoms with van der Waals surface area (Å²) >= 11 is 0. The number of hydrogen-bond acceptors (Lipinski definition) is 3. The average Bonchev–Trinajstić information content (AvgIpc) is 3.20. The van der Waals surface area contributed by atoms with Crippen LogP contribution in [0.4, 0.5) is 5.69 Å². The Balaban J connectivity index is 1.86. The molecular weight excluding hydrogens is 224 g/mol. The molecule has 0 amide bonds. The van der Waals surface area contributed by atoms with Crippen LogP contribution in [0.2, 0.25) is 0 Å². The van der Waals surface area contributed by atoms with Crippen molar-refractivity contribution in [3.8, 4) is 5.75 Å². The summed E-state index contributed by atoms with van der Waals surface area (Å²) in [6, 6.07) is 8.98. The van der Waals surface area contributed by atoms with E-state index in [2.05, 4.69) is 36.3 Å². The van der Waals surface area contributed by atoms with Crippen LogP contribution in [0.1, 0.15) is 19.8 Å². The fraction of sp³-hybridized carbons (Fsp3) is 0.600. The van der Waals surface area contributed by atoms with Crippen molar-refractivity contribution in [2.75, 3.05) is 32.1 Å². The minimum absolute atomic E-state index is 0.639. The first-order valence-corrected chi connectivity index (χ1v) is 6.78. The lowest BCUT2D eigenvalue weighted by atomic mass is 10.1. The molecule has 1 aromatic carbocycles. The summed E-state index contributed by atoms with van der Waals surface area (Å²) in [5, 5.41) is 3.58. The third kappa shape index (κ3) is 3.64. The number of benzene rings is 1. The number of nitrogens with zero attached hydrogens (tertiary/aromatic N) is 1. The predicted molar refractivity (Wildman–Crippen MR) is 76.5 cm³/mol. The number of anilines is 1. The molecule has 1 unspecified atom stereocenters. The van der Waals surface area contributed by atoms with Crippen molar-refractivity contribution < 1.29 is 4.74 Å². The van der Waals surface area contributed by atoms with Gasteiger partial charge in [0.25, 0.3) is 0 Å². The molecule has 1 saturated carbocycles. The van der Waals surface area contributed by atoms with Crippen LogP contribution < -0.4 is 15.0 Å². The van der Waals surface area contributed by atoms with E-state index in [0.717, 1.165) is 24.9 Å². The van der Waals surface area contributed by atoms with Crippen molar-refractivity contribution in [2.45, 2.75) is 25.8 Å². The first kappa shape index (κ1) is 13.2. The van der Waals surface area contributed by atoms with Gasteiger partial charge in [-0.05, 0) is 37.4 Å². The largest absolute Gasteiger partial charge is 0.495 e. The van der Waals surface area contributed by atoms with E-state index in [1.54, 1.807) is 7.11 Å². The van der Waals surface area contributed by atoms with Crippen LogP contribution >= 0.6 is 0 Å². The Morgan fingerprint density at radius 3 is 2.78 bits per heavy atom. The quantitative estimate of drug-likeness (QED) is 0.802. The van der Waals surface area contributed by atoms with E-state index >= 15 is 0 Å². The second kappa shape index (κ2) is 6.10. The summed E-state index contributed by atoms with van der Waals surface area (Å²) in [6.45, 7) is 4.44. The molecule has 1 aliphatic carbocycles. The molecule has 0 radical (unpaired) electrons. The number of methoxy groups -OCH3 is 1. The second-order valence-corrected chi connectivity index (χ2v) is 5.34. The van der Waals surface area contributed by atoms with Gasteiger partial charge < -0.3 is 15.0 Å². The van der Waals surface area contributed by atoms with Crippen LogP contribution in [0.15, 0.2) is 24.3 Å². The molecule has 0 aromatic heterocycles. The van der Waals surface area contributed by atoms with Crippen molar-refractivity contribution in [3.05, 3.63) is 24.3 Å². The highest BCUT2D eigenvalue weighted by molar-refractivity contribution is 5.57. The van der Waals surface area contributed by atoms with Gasteiger partial charge in [0.2, 0.25) is 0 Å². The molecule has 0 heterocycles. The third-order valence-electron chi connectivity index (χ3n) is 3.41. The highest BCUT2D eigenvalue weighted by atomic mass is 16.5. The Labute approximate surface area is 110 Å². The first-order chi connectivity index (χ1) is 8.70. The maximum atomic E-state index is 5.40. The normalized spacial score (nSPS) is 16.4. The maximum Gasteiger partial charge on any atom is 0.142 e. The molecule has 0 aliphatic heterocycles. The van der Waals surface area contributed by atoms with Gasteiger partial charge >= 0.3 is 0 Å². The van der Waals surface area contributed by atoms with Gasteiger partial charge in [-0.25, -0.2) is 0 Å². The molecule has 1 aromatic rings. The third-order valence-corrected chi connectivity index (χ3v) is 3.41. The number of rotatable bonds is 7. The monoisotopic (exact) mass is 248 g/mol. The zero-order valence-corrected chi connectivity index (χ0v) is 11.6. The van der Waals surface area contributed by atoms with Crippen molar-refractivity contribution in [1.29, 1.82) is 0 Å². The minimum Gasteiger partial charge on any atom is -0.495 e. The Morgan fingerprint density at radius 2 is 2.11 bits per heavy atom. The van der Waals surface area contributed by atoms with Crippen LogP contribution in [-0.2, 0) is 0 Å². The summed E-state index contributed by atoms with van der Waals surface area (Å²) in [4.78, 5) is 2.28. The average molecular weight is 248 g/mol. The number of nitrogens with one attached hydrogen (secondary N) is 1. The van der Waals surface area contributed by atoms with Crippen molar-refractivity contribution in [3.63, 3.8) is 0 Å². The maximum absolute atomic E-state index is 5.40. The molecule has 1 aliphatic rings. The van der Waals surface area contributed by atoms with Gasteiger partial charge in [0.1, 0.15) is 5.75 Å². The van der Waals surface area contributed by atoms with E-state index < -0.39 is 0 Å². The summed E-state index contributed by atoms with van der Waals surface area (Å²) in [6.07, 6.45) is 2.71. The lowest BCUT2D eigenvalue weighted by Crippen LogP contribution is -2.32. The molecule has 0 bridgehead atoms. The summed E-state index contributed by atoms with van der Waals surface area (Å²) < 4.78 is 5.40. The summed E-state index contributed by atoms with van der Waals surface area (Å²) in [7, 11) is 3.86. The molecule has 3 heteroatoms. The zero-order chi connectivity index (χ0) is 13.0. The molecule has 3 nitrogen and oxygen atoms in total. The van der Waals surface area contributed by atoms with E-state index in [-0.39, 0.29) is 0 Å². The smallest absolute Gasteiger partial charge is 0.142 e. The first-order valence-electron chi connectivity index (χ1n) is 6.78. The standard InChI is InChI=1S/C15H24N2O/c1-12(10-16-13-8-9-13)11-17(2)14-6-4-5-7-15(14)18-3/h4-7,12-13,16H,8-11H2,1-3H3. The van der Waals surface area contributed by atoms with Gasteiger partial charge in [0.05, 0.1) is 12.8 Å². The van der Waals surface area contributed by atoms with Gasteiger partial charge in [-0.15, -0.1) is 0 Å². The van der Waals surface area contributed by atoms with E-state index in [1.165, 1.54) is 18.5 Å². The molecule has 1 fully saturated rings. The minimum atomic E-state index is 0.639. The van der Waals surface area contributed by atoms with Crippen molar-refractivity contribution in [1.82, 2.24) is 5.32 Å². The molecule has 2 rings (SSSR count). The molecule has 0 saturated heterocycles. The molecule has 18 heavy (non-hydrogen) atoms. The number of ether oxygens (including phenoxy) is 1. The molecule has 1 N–H and O–H groups in total. The van der Waals surface area contributed by atoms with Gasteiger partial charge in [-0.3, -0.25) is 0 Å². The molecule has 1 atom stereocenters. The molecule has 100 valence electrons. The van der Waals surface area contributed by atoms with E-state index in [1.807, 2.05) is 12.1 Å². The van der Waals surface area contributed by atoms with Gasteiger partial charge in [-0.1, -0.05) is 19.1 Å². The summed E-state index contributed by atoms with van der Waals surface area (Å²) in [5.41, 5.74) is 1.17. The Kier molecular flexibility index (Phi) is 4.48. The Bertz CT molecular complexity index is 377. The van der Waals surface area contributed by atoms with E-state index in [9.17, 15) is 0 Å². The predicted octanol–water partition coefficient (Wildman–Crippen LogP) is 2.52. The fourth-order valence-corrected chi connectivity index (χ4v) is 2.23. The summed E-state index contributed by atoms with van der Waals surface area (Å²) in [5.74, 6) is 1.59. The van der Waals surface area contributed by atoms with Crippen molar-refractivity contribution in [2.24, 2.45) is 5.92 Å². The molecule has 0 spiro atoms. The second-order valence-electron chi connectivity index (χ2n) is 5.34. The van der Waals surface area contributed by atoms with Crippen molar-refractivity contribution >= 4 is 5.69 Å². The zero-order valence-electron chi connectivity index (χ0n) is 11.6. The van der Waals surface area contributed by atoms with E-state index in [4.69, 9.17) is 4.74 Å². The lowest BCUT2D eigenvalue weighted by Gasteiger charge is -2.25. The number of hydrogen-bond donors (Lipinski definition) is 1.